The van der Waals surface area contributed by atoms with Gasteiger partial charge in [-0.15, -0.1) is 0 Å². The van der Waals surface area contributed by atoms with Gasteiger partial charge in [0, 0.05) is 11.4 Å². The number of nitrogens with one attached hydrogen (secondary N) is 1. The largest absolute Gasteiger partial charge is 0.348 e. The molecule has 1 amide bonds. The molecule has 1 aromatic rings. The van der Waals surface area contributed by atoms with E-state index in [1.807, 2.05) is 12.1 Å². The number of ketones is 1. The molecule has 4 heteroatoms. The summed E-state index contributed by atoms with van der Waals surface area (Å²) >= 11 is 5.84. The molecule has 0 radical (unpaired) electrons. The highest BCUT2D eigenvalue weighted by Gasteiger charge is 2.25. The van der Waals surface area contributed by atoms with Gasteiger partial charge < -0.3 is 5.32 Å². The Labute approximate surface area is 92.4 Å². The van der Waals surface area contributed by atoms with Crippen molar-refractivity contribution >= 4 is 23.3 Å². The summed E-state index contributed by atoms with van der Waals surface area (Å²) in [5.74, 6) is -0.236. The SMILES string of the molecule is O=C1CC(=O)N[C@H](c2cccc(Cl)c2)C1. The van der Waals surface area contributed by atoms with Gasteiger partial charge in [0.2, 0.25) is 5.91 Å². The van der Waals surface area contributed by atoms with Crippen LogP contribution < -0.4 is 5.32 Å². The Morgan fingerprint density at radius 3 is 2.80 bits per heavy atom. The fraction of sp³-hybridized carbons (Fsp3) is 0.273. The van der Waals surface area contributed by atoms with Crippen molar-refractivity contribution in [1.29, 1.82) is 0 Å². The zero-order chi connectivity index (χ0) is 10.8. The minimum absolute atomic E-state index is 0.00291. The van der Waals surface area contributed by atoms with Crippen LogP contribution in [0.4, 0.5) is 0 Å². The Morgan fingerprint density at radius 2 is 2.13 bits per heavy atom. The van der Waals surface area contributed by atoms with Crippen molar-refractivity contribution in [3.05, 3.63) is 34.9 Å². The fourth-order valence-electron chi connectivity index (χ4n) is 1.70. The minimum atomic E-state index is -0.225. The lowest BCUT2D eigenvalue weighted by Crippen LogP contribution is -2.36. The van der Waals surface area contributed by atoms with Gasteiger partial charge in [-0.25, -0.2) is 0 Å². The standard InChI is InChI=1S/C11H10ClNO2/c12-8-3-1-2-7(4-8)10-5-9(14)6-11(15)13-10/h1-4,10H,5-6H2,(H,13,15)/t10-/m0/s1. The van der Waals surface area contributed by atoms with E-state index in [1.165, 1.54) is 0 Å². The molecule has 2 rings (SSSR count). The van der Waals surface area contributed by atoms with Crippen LogP contribution >= 0.6 is 11.6 Å². The third-order valence-corrected chi connectivity index (χ3v) is 2.61. The second-order valence-electron chi connectivity index (χ2n) is 3.59. The van der Waals surface area contributed by atoms with Crippen molar-refractivity contribution in [2.75, 3.05) is 0 Å². The summed E-state index contributed by atoms with van der Waals surface area (Å²) in [6.07, 6.45) is 0.350. The van der Waals surface area contributed by atoms with Gasteiger partial charge in [0.25, 0.3) is 0 Å². The Bertz CT molecular complexity index is 401. The molecule has 1 atom stereocenters. The number of carbonyl (C=O) groups excluding carboxylic acids is 2. The number of hydrogen-bond donors (Lipinski definition) is 1. The third kappa shape index (κ3) is 2.36. The normalized spacial score (nSPS) is 21.3. The van der Waals surface area contributed by atoms with Gasteiger partial charge in [0.15, 0.2) is 0 Å². The number of halogens is 1. The van der Waals surface area contributed by atoms with E-state index in [0.717, 1.165) is 5.56 Å². The topological polar surface area (TPSA) is 46.2 Å². The van der Waals surface area contributed by atoms with Crippen LogP contribution in [0.1, 0.15) is 24.4 Å². The number of carbonyl (C=O) groups is 2. The molecule has 0 aliphatic carbocycles. The van der Waals surface area contributed by atoms with Gasteiger partial charge in [-0.2, -0.15) is 0 Å². The number of Topliss-reactive ketones (excluding diaryl/α,β-unsaturated/α-hetero) is 1. The first-order valence-electron chi connectivity index (χ1n) is 4.71. The van der Waals surface area contributed by atoms with Crippen LogP contribution in [0.3, 0.4) is 0 Å². The molecular weight excluding hydrogens is 214 g/mol. The lowest BCUT2D eigenvalue weighted by atomic mass is 9.96. The maximum absolute atomic E-state index is 11.2. The highest BCUT2D eigenvalue weighted by Crippen LogP contribution is 2.23. The van der Waals surface area contributed by atoms with E-state index in [1.54, 1.807) is 12.1 Å². The average Bonchev–Trinajstić information content (AvgIpc) is 2.16. The smallest absolute Gasteiger partial charge is 0.227 e. The highest BCUT2D eigenvalue weighted by molar-refractivity contribution is 6.30. The molecule has 0 spiro atoms. The summed E-state index contributed by atoms with van der Waals surface area (Å²) in [6, 6.07) is 6.97. The number of hydrogen-bond acceptors (Lipinski definition) is 2. The lowest BCUT2D eigenvalue weighted by molar-refractivity contribution is -0.132. The van der Waals surface area contributed by atoms with Crippen LogP contribution in [0, 0.1) is 0 Å². The predicted octanol–water partition coefficient (Wildman–Crippen LogP) is 1.86. The van der Waals surface area contributed by atoms with Crippen molar-refractivity contribution in [3.8, 4) is 0 Å². The van der Waals surface area contributed by atoms with Crippen LogP contribution in [0.2, 0.25) is 5.02 Å². The molecule has 0 aromatic heterocycles. The quantitative estimate of drug-likeness (QED) is 0.739. The first kappa shape index (κ1) is 10.2. The van der Waals surface area contributed by atoms with Gasteiger partial charge >= 0.3 is 0 Å². The molecule has 15 heavy (non-hydrogen) atoms. The van der Waals surface area contributed by atoms with Gasteiger partial charge in [0.05, 0.1) is 12.5 Å². The van der Waals surface area contributed by atoms with Crippen LogP contribution in [0.5, 0.6) is 0 Å². The monoisotopic (exact) mass is 223 g/mol. The van der Waals surface area contributed by atoms with Gasteiger partial charge in [-0.05, 0) is 17.7 Å². The average molecular weight is 224 g/mol. The van der Waals surface area contributed by atoms with Crippen molar-refractivity contribution in [2.24, 2.45) is 0 Å². The molecule has 0 unspecified atom stereocenters. The molecule has 1 aromatic carbocycles. The number of amides is 1. The summed E-state index contributed by atoms with van der Waals surface area (Å²) in [4.78, 5) is 22.4. The Hall–Kier alpha value is -1.35. The molecular formula is C11H10ClNO2. The third-order valence-electron chi connectivity index (χ3n) is 2.38. The highest BCUT2D eigenvalue weighted by atomic mass is 35.5. The Balaban J connectivity index is 2.23. The summed E-state index contributed by atoms with van der Waals surface area (Å²) in [7, 11) is 0. The van der Waals surface area contributed by atoms with E-state index < -0.39 is 0 Å². The summed E-state index contributed by atoms with van der Waals surface area (Å²) < 4.78 is 0. The van der Waals surface area contributed by atoms with E-state index in [-0.39, 0.29) is 24.2 Å². The molecule has 1 aliphatic heterocycles. The van der Waals surface area contributed by atoms with Crippen LogP contribution in [-0.4, -0.2) is 11.7 Å². The Kier molecular flexibility index (Phi) is 2.73. The first-order chi connectivity index (χ1) is 7.15. The lowest BCUT2D eigenvalue weighted by Gasteiger charge is -2.22. The number of rotatable bonds is 1. The maximum Gasteiger partial charge on any atom is 0.227 e. The van der Waals surface area contributed by atoms with E-state index in [4.69, 9.17) is 11.6 Å². The van der Waals surface area contributed by atoms with Crippen molar-refractivity contribution in [2.45, 2.75) is 18.9 Å². The molecule has 3 nitrogen and oxygen atoms in total. The molecule has 0 bridgehead atoms. The van der Waals surface area contributed by atoms with Crippen molar-refractivity contribution in [3.63, 3.8) is 0 Å². The van der Waals surface area contributed by atoms with Crippen molar-refractivity contribution < 1.29 is 9.59 Å². The maximum atomic E-state index is 11.2. The molecule has 1 N–H and O–H groups in total. The molecule has 78 valence electrons. The minimum Gasteiger partial charge on any atom is -0.348 e. The van der Waals surface area contributed by atoms with Gasteiger partial charge in [-0.3, -0.25) is 9.59 Å². The van der Waals surface area contributed by atoms with Crippen molar-refractivity contribution in [1.82, 2.24) is 5.32 Å². The second kappa shape index (κ2) is 4.03. The molecule has 1 fully saturated rings. The van der Waals surface area contributed by atoms with E-state index in [0.29, 0.717) is 11.4 Å². The van der Waals surface area contributed by atoms with Crippen LogP contribution in [-0.2, 0) is 9.59 Å². The zero-order valence-electron chi connectivity index (χ0n) is 8.00. The first-order valence-corrected chi connectivity index (χ1v) is 5.09. The second-order valence-corrected chi connectivity index (χ2v) is 4.03. The number of piperidine rings is 1. The zero-order valence-corrected chi connectivity index (χ0v) is 8.75. The van der Waals surface area contributed by atoms with E-state index in [2.05, 4.69) is 5.32 Å². The molecule has 0 saturated carbocycles. The van der Waals surface area contributed by atoms with Gasteiger partial charge in [-0.1, -0.05) is 23.7 Å². The van der Waals surface area contributed by atoms with Crippen LogP contribution in [0.25, 0.3) is 0 Å². The predicted molar refractivity (Wildman–Crippen MR) is 56.6 cm³/mol. The fourth-order valence-corrected chi connectivity index (χ4v) is 1.90. The van der Waals surface area contributed by atoms with E-state index in [9.17, 15) is 9.59 Å². The molecule has 1 aliphatic rings. The molecule has 1 heterocycles. The number of benzene rings is 1. The molecule has 1 saturated heterocycles. The van der Waals surface area contributed by atoms with Gasteiger partial charge in [0.1, 0.15) is 5.78 Å². The summed E-state index contributed by atoms with van der Waals surface area (Å²) in [5, 5.41) is 3.38. The Morgan fingerprint density at radius 1 is 1.33 bits per heavy atom. The summed E-state index contributed by atoms with van der Waals surface area (Å²) in [6.45, 7) is 0. The van der Waals surface area contributed by atoms with Crippen LogP contribution in [0.15, 0.2) is 24.3 Å². The van der Waals surface area contributed by atoms with E-state index >= 15 is 0 Å². The summed E-state index contributed by atoms with van der Waals surface area (Å²) in [5.41, 5.74) is 0.879.